The summed E-state index contributed by atoms with van der Waals surface area (Å²) in [6.45, 7) is 4.35. The van der Waals surface area contributed by atoms with Crippen molar-refractivity contribution >= 4 is 17.6 Å². The van der Waals surface area contributed by atoms with Gasteiger partial charge >= 0.3 is 5.97 Å². The predicted octanol–water partition coefficient (Wildman–Crippen LogP) is 1.89. The van der Waals surface area contributed by atoms with E-state index < -0.39 is 11.6 Å². The zero-order valence-electron chi connectivity index (χ0n) is 9.98. The molecule has 5 nitrogen and oxygen atoms in total. The van der Waals surface area contributed by atoms with E-state index in [4.69, 9.17) is 9.84 Å². The molecule has 0 bridgehead atoms. The normalized spacial score (nSPS) is 10.8. The summed E-state index contributed by atoms with van der Waals surface area (Å²) >= 11 is 0. The lowest BCUT2D eigenvalue weighted by molar-refractivity contribution is -0.152. The van der Waals surface area contributed by atoms with E-state index in [0.717, 1.165) is 0 Å². The number of hydrogen-bond donors (Lipinski definition) is 2. The van der Waals surface area contributed by atoms with Crippen LogP contribution in [-0.4, -0.2) is 22.6 Å². The number of amides is 1. The fourth-order valence-electron chi connectivity index (χ4n) is 1.15. The van der Waals surface area contributed by atoms with E-state index >= 15 is 0 Å². The van der Waals surface area contributed by atoms with Crippen molar-refractivity contribution in [3.63, 3.8) is 0 Å². The molecule has 1 aromatic rings. The molecule has 0 unspecified atom stereocenters. The molecule has 0 spiro atoms. The maximum Gasteiger partial charge on any atom is 0.347 e. The number of rotatable bonds is 4. The van der Waals surface area contributed by atoms with Crippen LogP contribution >= 0.6 is 0 Å². The van der Waals surface area contributed by atoms with Crippen LogP contribution in [0.3, 0.4) is 0 Å². The Hall–Kier alpha value is -2.04. The van der Waals surface area contributed by atoms with Gasteiger partial charge in [-0.3, -0.25) is 4.79 Å². The van der Waals surface area contributed by atoms with Crippen molar-refractivity contribution in [1.82, 2.24) is 0 Å². The summed E-state index contributed by atoms with van der Waals surface area (Å²) in [6.07, 6.45) is 0. The molecule has 0 radical (unpaired) electrons. The molecule has 0 saturated carbocycles. The van der Waals surface area contributed by atoms with Crippen LogP contribution in [0.4, 0.5) is 5.69 Å². The van der Waals surface area contributed by atoms with E-state index in [2.05, 4.69) is 5.32 Å². The highest BCUT2D eigenvalue weighted by Gasteiger charge is 2.29. The molecule has 2 N–H and O–H groups in total. The third-order valence-corrected chi connectivity index (χ3v) is 2.06. The van der Waals surface area contributed by atoms with Crippen LogP contribution in [-0.2, 0) is 9.59 Å². The minimum atomic E-state index is -1.28. The minimum Gasteiger partial charge on any atom is -0.478 e. The SMILES string of the molecule is CC(=O)Nc1ccc(OC(C)(C)C(=O)O)cc1. The lowest BCUT2D eigenvalue weighted by Gasteiger charge is -2.21. The van der Waals surface area contributed by atoms with Gasteiger partial charge < -0.3 is 15.2 Å². The number of carbonyl (C=O) groups is 2. The average Bonchev–Trinajstić information content (AvgIpc) is 2.19. The van der Waals surface area contributed by atoms with Gasteiger partial charge in [-0.15, -0.1) is 0 Å². The van der Waals surface area contributed by atoms with Crippen LogP contribution in [0.15, 0.2) is 24.3 Å². The molecule has 5 heteroatoms. The number of carbonyl (C=O) groups excluding carboxylic acids is 1. The number of carboxylic acids is 1. The first-order valence-electron chi connectivity index (χ1n) is 5.11. The Labute approximate surface area is 99.4 Å². The summed E-state index contributed by atoms with van der Waals surface area (Å²) in [5, 5.41) is 11.5. The zero-order chi connectivity index (χ0) is 13.1. The van der Waals surface area contributed by atoms with Crippen molar-refractivity contribution in [2.24, 2.45) is 0 Å². The highest BCUT2D eigenvalue weighted by atomic mass is 16.5. The van der Waals surface area contributed by atoms with E-state index in [0.29, 0.717) is 11.4 Å². The third-order valence-electron chi connectivity index (χ3n) is 2.06. The Bertz CT molecular complexity index is 423. The maximum atomic E-state index is 10.9. The van der Waals surface area contributed by atoms with Crippen LogP contribution in [0, 0.1) is 0 Å². The monoisotopic (exact) mass is 237 g/mol. The predicted molar refractivity (Wildman–Crippen MR) is 63.1 cm³/mol. The van der Waals surface area contributed by atoms with Crippen LogP contribution in [0.5, 0.6) is 5.75 Å². The second kappa shape index (κ2) is 4.86. The Kier molecular flexibility index (Phi) is 3.73. The number of carboxylic acid groups (broad SMARTS) is 1. The fraction of sp³-hybridized carbons (Fsp3) is 0.333. The van der Waals surface area contributed by atoms with E-state index in [9.17, 15) is 9.59 Å². The smallest absolute Gasteiger partial charge is 0.347 e. The van der Waals surface area contributed by atoms with Gasteiger partial charge in [-0.25, -0.2) is 4.79 Å². The summed E-state index contributed by atoms with van der Waals surface area (Å²) in [4.78, 5) is 21.7. The molecular weight excluding hydrogens is 222 g/mol. The first kappa shape index (κ1) is 13.0. The molecule has 0 aliphatic carbocycles. The fourth-order valence-corrected chi connectivity index (χ4v) is 1.15. The van der Waals surface area contributed by atoms with Crippen molar-refractivity contribution in [3.05, 3.63) is 24.3 Å². The summed E-state index contributed by atoms with van der Waals surface area (Å²) in [5.74, 6) is -0.764. The molecule has 0 aromatic heterocycles. The van der Waals surface area contributed by atoms with Gasteiger partial charge in [0.05, 0.1) is 0 Å². The minimum absolute atomic E-state index is 0.162. The second-order valence-corrected chi connectivity index (χ2v) is 4.12. The van der Waals surface area contributed by atoms with Gasteiger partial charge in [0, 0.05) is 12.6 Å². The number of benzene rings is 1. The van der Waals surface area contributed by atoms with Gasteiger partial charge in [0.1, 0.15) is 5.75 Å². The number of hydrogen-bond acceptors (Lipinski definition) is 3. The molecule has 17 heavy (non-hydrogen) atoms. The molecule has 1 aromatic carbocycles. The third kappa shape index (κ3) is 3.79. The molecular formula is C12H15NO4. The second-order valence-electron chi connectivity index (χ2n) is 4.12. The molecule has 0 saturated heterocycles. The van der Waals surface area contributed by atoms with E-state index in [1.54, 1.807) is 24.3 Å². The average molecular weight is 237 g/mol. The highest BCUT2D eigenvalue weighted by Crippen LogP contribution is 2.20. The quantitative estimate of drug-likeness (QED) is 0.838. The number of nitrogens with one attached hydrogen (secondary N) is 1. The first-order valence-corrected chi connectivity index (χ1v) is 5.11. The van der Waals surface area contributed by atoms with Crippen molar-refractivity contribution in [2.75, 3.05) is 5.32 Å². The van der Waals surface area contributed by atoms with Crippen LogP contribution < -0.4 is 10.1 Å². The van der Waals surface area contributed by atoms with Crippen LogP contribution in [0.2, 0.25) is 0 Å². The molecule has 1 rings (SSSR count). The first-order chi connectivity index (χ1) is 7.81. The number of anilines is 1. The van der Waals surface area contributed by atoms with Gasteiger partial charge in [0.25, 0.3) is 0 Å². The van der Waals surface area contributed by atoms with Crippen LogP contribution in [0.25, 0.3) is 0 Å². The van der Waals surface area contributed by atoms with Gasteiger partial charge in [0.15, 0.2) is 5.60 Å². The van der Waals surface area contributed by atoms with Crippen LogP contribution in [0.1, 0.15) is 20.8 Å². The van der Waals surface area contributed by atoms with E-state index in [1.165, 1.54) is 20.8 Å². The molecule has 92 valence electrons. The lowest BCUT2D eigenvalue weighted by Crippen LogP contribution is -2.37. The van der Waals surface area contributed by atoms with Gasteiger partial charge in [0.2, 0.25) is 5.91 Å². The zero-order valence-corrected chi connectivity index (χ0v) is 9.98. The molecule has 0 fully saturated rings. The van der Waals surface area contributed by atoms with Crippen molar-refractivity contribution in [3.8, 4) is 5.75 Å². The largest absolute Gasteiger partial charge is 0.478 e. The Morgan fingerprint density at radius 1 is 1.24 bits per heavy atom. The van der Waals surface area contributed by atoms with Crippen molar-refractivity contribution in [1.29, 1.82) is 0 Å². The summed E-state index contributed by atoms with van der Waals surface area (Å²) in [7, 11) is 0. The topological polar surface area (TPSA) is 75.6 Å². The summed E-state index contributed by atoms with van der Waals surface area (Å²) < 4.78 is 5.31. The summed E-state index contributed by atoms with van der Waals surface area (Å²) in [5.41, 5.74) is -0.645. The van der Waals surface area contributed by atoms with Gasteiger partial charge in [-0.2, -0.15) is 0 Å². The Morgan fingerprint density at radius 2 is 1.76 bits per heavy atom. The molecule has 0 heterocycles. The molecule has 0 aliphatic heterocycles. The van der Waals surface area contributed by atoms with Gasteiger partial charge in [-0.1, -0.05) is 0 Å². The van der Waals surface area contributed by atoms with E-state index in [1.807, 2.05) is 0 Å². The molecule has 0 atom stereocenters. The maximum absolute atomic E-state index is 10.9. The van der Waals surface area contributed by atoms with Crippen molar-refractivity contribution in [2.45, 2.75) is 26.4 Å². The van der Waals surface area contributed by atoms with E-state index in [-0.39, 0.29) is 5.91 Å². The Balaban J connectivity index is 2.75. The standard InChI is InChI=1S/C12H15NO4/c1-8(14)13-9-4-6-10(7-5-9)17-12(2,3)11(15)16/h4-7H,1-3H3,(H,13,14)(H,15,16). The van der Waals surface area contributed by atoms with Crippen molar-refractivity contribution < 1.29 is 19.4 Å². The Morgan fingerprint density at radius 3 is 2.18 bits per heavy atom. The number of aliphatic carboxylic acids is 1. The molecule has 0 aliphatic rings. The van der Waals surface area contributed by atoms with Gasteiger partial charge in [-0.05, 0) is 38.1 Å². The lowest BCUT2D eigenvalue weighted by atomic mass is 10.1. The molecule has 1 amide bonds. The summed E-state index contributed by atoms with van der Waals surface area (Å²) in [6, 6.07) is 6.51. The highest BCUT2D eigenvalue weighted by molar-refractivity contribution is 5.88. The number of ether oxygens (including phenoxy) is 1.